The van der Waals surface area contributed by atoms with E-state index in [4.69, 9.17) is 4.74 Å². The number of rotatable bonds is 6. The Bertz CT molecular complexity index is 359. The fraction of sp³-hybridized carbons (Fsp3) is 0.571. The van der Waals surface area contributed by atoms with Gasteiger partial charge in [0.15, 0.2) is 0 Å². The van der Waals surface area contributed by atoms with Gasteiger partial charge in [0.25, 0.3) is 0 Å². The monoisotopic (exact) mass is 235 g/mol. The third-order valence-corrected chi connectivity index (χ3v) is 3.23. The molecule has 94 valence electrons. The van der Waals surface area contributed by atoms with Crippen LogP contribution in [0.4, 0.5) is 0 Å². The Hall–Kier alpha value is -1.06. The van der Waals surface area contributed by atoms with E-state index in [0.29, 0.717) is 6.04 Å². The largest absolute Gasteiger partial charge is 0.497 e. The van der Waals surface area contributed by atoms with Crippen LogP contribution in [-0.4, -0.2) is 30.4 Å². The second kappa shape index (κ2) is 5.07. The average Bonchev–Trinajstić information content (AvgIpc) is 3.14. The van der Waals surface area contributed by atoms with Crippen LogP contribution in [0.1, 0.15) is 25.3 Å². The van der Waals surface area contributed by atoms with E-state index in [2.05, 4.69) is 24.4 Å². The van der Waals surface area contributed by atoms with Crippen LogP contribution in [0, 0.1) is 0 Å². The van der Waals surface area contributed by atoms with E-state index in [1.54, 1.807) is 7.11 Å². The fourth-order valence-corrected chi connectivity index (χ4v) is 2.07. The summed E-state index contributed by atoms with van der Waals surface area (Å²) in [4.78, 5) is 0. The maximum atomic E-state index is 9.54. The van der Waals surface area contributed by atoms with Crippen LogP contribution >= 0.6 is 0 Å². The highest BCUT2D eigenvalue weighted by atomic mass is 16.5. The van der Waals surface area contributed by atoms with Gasteiger partial charge in [-0.25, -0.2) is 0 Å². The number of methoxy groups -OCH3 is 1. The zero-order chi connectivity index (χ0) is 12.3. The van der Waals surface area contributed by atoms with Crippen molar-refractivity contribution in [1.82, 2.24) is 5.32 Å². The standard InChI is InChI=1S/C14H21NO2/c1-14(10-16,15-12-5-6-12)9-11-3-7-13(17-2)8-4-11/h3-4,7-8,12,15-16H,5-6,9-10H2,1-2H3. The minimum Gasteiger partial charge on any atom is -0.497 e. The molecule has 0 spiro atoms. The number of hydrogen-bond donors (Lipinski definition) is 2. The second-order valence-electron chi connectivity index (χ2n) is 5.16. The Balaban J connectivity index is 2.00. The molecule has 3 nitrogen and oxygen atoms in total. The summed E-state index contributed by atoms with van der Waals surface area (Å²) in [7, 11) is 1.67. The number of nitrogens with one attached hydrogen (secondary N) is 1. The minimum atomic E-state index is -0.213. The molecule has 0 radical (unpaired) electrons. The van der Waals surface area contributed by atoms with Crippen molar-refractivity contribution >= 4 is 0 Å². The third-order valence-electron chi connectivity index (χ3n) is 3.23. The van der Waals surface area contributed by atoms with Crippen LogP contribution in [0.15, 0.2) is 24.3 Å². The van der Waals surface area contributed by atoms with Crippen molar-refractivity contribution in [2.24, 2.45) is 0 Å². The van der Waals surface area contributed by atoms with E-state index >= 15 is 0 Å². The van der Waals surface area contributed by atoms with E-state index in [-0.39, 0.29) is 12.1 Å². The Kier molecular flexibility index (Phi) is 3.69. The van der Waals surface area contributed by atoms with E-state index < -0.39 is 0 Å². The van der Waals surface area contributed by atoms with Gasteiger partial charge >= 0.3 is 0 Å². The first kappa shape index (κ1) is 12.4. The number of aliphatic hydroxyl groups is 1. The van der Waals surface area contributed by atoms with Gasteiger partial charge in [-0.05, 0) is 43.9 Å². The van der Waals surface area contributed by atoms with Gasteiger partial charge in [-0.1, -0.05) is 12.1 Å². The highest BCUT2D eigenvalue weighted by molar-refractivity contribution is 5.28. The zero-order valence-corrected chi connectivity index (χ0v) is 10.6. The summed E-state index contributed by atoms with van der Waals surface area (Å²) in [6.07, 6.45) is 3.31. The molecule has 0 aromatic heterocycles. The molecule has 3 heteroatoms. The van der Waals surface area contributed by atoms with Crippen molar-refractivity contribution in [3.8, 4) is 5.75 Å². The van der Waals surface area contributed by atoms with Crippen LogP contribution in [-0.2, 0) is 6.42 Å². The molecule has 1 aromatic carbocycles. The van der Waals surface area contributed by atoms with Gasteiger partial charge in [0.2, 0.25) is 0 Å². The lowest BCUT2D eigenvalue weighted by Gasteiger charge is -2.29. The average molecular weight is 235 g/mol. The van der Waals surface area contributed by atoms with E-state index in [1.807, 2.05) is 12.1 Å². The second-order valence-corrected chi connectivity index (χ2v) is 5.16. The molecular formula is C14H21NO2. The zero-order valence-electron chi connectivity index (χ0n) is 10.6. The first-order valence-corrected chi connectivity index (χ1v) is 6.17. The smallest absolute Gasteiger partial charge is 0.118 e. The Labute approximate surface area is 103 Å². The molecule has 0 amide bonds. The molecule has 0 heterocycles. The molecular weight excluding hydrogens is 214 g/mol. The van der Waals surface area contributed by atoms with Gasteiger partial charge in [0.05, 0.1) is 13.7 Å². The first-order chi connectivity index (χ1) is 8.15. The Morgan fingerprint density at radius 1 is 1.35 bits per heavy atom. The van der Waals surface area contributed by atoms with Gasteiger partial charge in [-0.15, -0.1) is 0 Å². The summed E-state index contributed by atoms with van der Waals surface area (Å²) in [5.41, 5.74) is 1.01. The lowest BCUT2D eigenvalue weighted by atomic mass is 9.93. The normalized spacial score (nSPS) is 18.8. The van der Waals surface area contributed by atoms with Crippen molar-refractivity contribution in [3.05, 3.63) is 29.8 Å². The van der Waals surface area contributed by atoms with Crippen molar-refractivity contribution in [2.75, 3.05) is 13.7 Å². The van der Waals surface area contributed by atoms with Gasteiger partial charge in [0.1, 0.15) is 5.75 Å². The van der Waals surface area contributed by atoms with Crippen molar-refractivity contribution in [3.63, 3.8) is 0 Å². The Morgan fingerprint density at radius 3 is 2.47 bits per heavy atom. The summed E-state index contributed by atoms with van der Waals surface area (Å²) in [6.45, 7) is 2.24. The van der Waals surface area contributed by atoms with Gasteiger partial charge in [-0.3, -0.25) is 0 Å². The molecule has 2 rings (SSSR count). The van der Waals surface area contributed by atoms with Crippen molar-refractivity contribution in [1.29, 1.82) is 0 Å². The van der Waals surface area contributed by atoms with Crippen LogP contribution in [0.5, 0.6) is 5.75 Å². The number of benzene rings is 1. The van der Waals surface area contributed by atoms with E-state index in [1.165, 1.54) is 18.4 Å². The Morgan fingerprint density at radius 2 is 2.00 bits per heavy atom. The van der Waals surface area contributed by atoms with Crippen LogP contribution in [0.25, 0.3) is 0 Å². The molecule has 1 aliphatic carbocycles. The molecule has 1 saturated carbocycles. The summed E-state index contributed by atoms with van der Waals surface area (Å²) >= 11 is 0. The van der Waals surface area contributed by atoms with Crippen molar-refractivity contribution < 1.29 is 9.84 Å². The summed E-state index contributed by atoms with van der Waals surface area (Å²) < 4.78 is 5.14. The molecule has 2 N–H and O–H groups in total. The van der Waals surface area contributed by atoms with Gasteiger partial charge in [-0.2, -0.15) is 0 Å². The summed E-state index contributed by atoms with van der Waals surface area (Å²) in [6, 6.07) is 8.64. The minimum absolute atomic E-state index is 0.162. The predicted molar refractivity (Wildman–Crippen MR) is 68.3 cm³/mol. The highest BCUT2D eigenvalue weighted by Crippen LogP contribution is 2.24. The maximum absolute atomic E-state index is 9.54. The molecule has 1 unspecified atom stereocenters. The fourth-order valence-electron chi connectivity index (χ4n) is 2.07. The molecule has 1 aromatic rings. The summed E-state index contributed by atoms with van der Waals surface area (Å²) in [5.74, 6) is 0.870. The molecule has 0 saturated heterocycles. The van der Waals surface area contributed by atoms with Crippen LogP contribution in [0.2, 0.25) is 0 Å². The van der Waals surface area contributed by atoms with Gasteiger partial charge < -0.3 is 15.2 Å². The van der Waals surface area contributed by atoms with E-state index in [9.17, 15) is 5.11 Å². The lowest BCUT2D eigenvalue weighted by molar-refractivity contribution is 0.172. The predicted octanol–water partition coefficient (Wildman–Crippen LogP) is 1.74. The molecule has 1 fully saturated rings. The molecule has 17 heavy (non-hydrogen) atoms. The van der Waals surface area contributed by atoms with Crippen LogP contribution in [0.3, 0.4) is 0 Å². The quantitative estimate of drug-likeness (QED) is 0.789. The van der Waals surface area contributed by atoms with Gasteiger partial charge in [0, 0.05) is 11.6 Å². The lowest BCUT2D eigenvalue weighted by Crippen LogP contribution is -2.48. The maximum Gasteiger partial charge on any atom is 0.118 e. The molecule has 1 atom stereocenters. The summed E-state index contributed by atoms with van der Waals surface area (Å²) in [5, 5.41) is 13.0. The third kappa shape index (κ3) is 3.45. The number of hydrogen-bond acceptors (Lipinski definition) is 3. The topological polar surface area (TPSA) is 41.5 Å². The molecule has 1 aliphatic rings. The number of aliphatic hydroxyl groups excluding tert-OH is 1. The first-order valence-electron chi connectivity index (χ1n) is 6.17. The highest BCUT2D eigenvalue weighted by Gasteiger charge is 2.31. The molecule has 0 bridgehead atoms. The van der Waals surface area contributed by atoms with Crippen molar-refractivity contribution in [2.45, 2.75) is 37.8 Å². The molecule has 0 aliphatic heterocycles. The van der Waals surface area contributed by atoms with Crippen LogP contribution < -0.4 is 10.1 Å². The number of ether oxygens (including phenoxy) is 1. The van der Waals surface area contributed by atoms with E-state index in [0.717, 1.165) is 12.2 Å². The SMILES string of the molecule is COc1ccc(CC(C)(CO)NC2CC2)cc1.